The highest BCUT2D eigenvalue weighted by Gasteiger charge is 2.53. The second-order valence-corrected chi connectivity index (χ2v) is 17.2. The van der Waals surface area contributed by atoms with Crippen LogP contribution in [0.3, 0.4) is 0 Å². The van der Waals surface area contributed by atoms with Gasteiger partial charge in [-0.15, -0.1) is 0 Å². The van der Waals surface area contributed by atoms with E-state index < -0.39 is 26.9 Å². The topological polar surface area (TPSA) is 70.2 Å². The molecule has 0 aromatic heterocycles. The van der Waals surface area contributed by atoms with Crippen LogP contribution in [0.25, 0.3) is 0 Å². The molecule has 3 saturated heterocycles. The summed E-state index contributed by atoms with van der Waals surface area (Å²) in [6, 6.07) is 11.6. The second kappa shape index (κ2) is 13.4. The summed E-state index contributed by atoms with van der Waals surface area (Å²) in [5.41, 5.74) is 1.41. The Kier molecular flexibility index (Phi) is 9.39. The van der Waals surface area contributed by atoms with Crippen molar-refractivity contribution >= 4 is 21.5 Å². The Labute approximate surface area is 278 Å². The van der Waals surface area contributed by atoms with Crippen molar-refractivity contribution in [2.75, 3.05) is 64.4 Å². The average Bonchev–Trinajstić information content (AvgIpc) is 3.79. The lowest BCUT2D eigenvalue weighted by Gasteiger charge is -2.54. The fourth-order valence-electron chi connectivity index (χ4n) is 9.39. The number of piperidine rings is 1. The number of carbonyl (C=O) groups excluding carboxylic acids is 1. The molecule has 0 N–H and O–H groups in total. The van der Waals surface area contributed by atoms with E-state index in [1.165, 1.54) is 7.11 Å². The fraction of sp³-hybridized carbons (Fsp3) is 0.649. The van der Waals surface area contributed by atoms with Crippen molar-refractivity contribution in [3.63, 3.8) is 0 Å². The van der Waals surface area contributed by atoms with Gasteiger partial charge in [0.05, 0.1) is 17.3 Å². The van der Waals surface area contributed by atoms with Crippen molar-refractivity contribution in [3.8, 4) is 0 Å². The summed E-state index contributed by atoms with van der Waals surface area (Å²) in [6.45, 7) is 7.60. The number of nitrogens with zero attached hydrogens (tertiary/aromatic N) is 3. The van der Waals surface area contributed by atoms with Gasteiger partial charge in [-0.3, -0.25) is 4.79 Å². The Morgan fingerprint density at radius 3 is 2.15 bits per heavy atom. The van der Waals surface area contributed by atoms with Gasteiger partial charge in [-0.25, -0.2) is 17.2 Å². The highest BCUT2D eigenvalue weighted by molar-refractivity contribution is 7.92. The zero-order chi connectivity index (χ0) is 32.8. The molecule has 2 saturated carbocycles. The number of hydrogen-bond acceptors (Lipinski definition) is 7. The van der Waals surface area contributed by atoms with Gasteiger partial charge in [-0.2, -0.15) is 0 Å². The SMILES string of the molecule is COC(=O)C[C@H]1CCC[C@@H]1[C@](CN1CCC1)(c1cc(F)cc(F)c1)C1CCN(CC2CN(c3ccc(S(=O)(=O)C4CC4)cc3)C2)CC1. The highest BCUT2D eigenvalue weighted by atomic mass is 32.2. The molecule has 10 heteroatoms. The summed E-state index contributed by atoms with van der Waals surface area (Å²) in [6.07, 6.45) is 7.88. The molecular weight excluding hydrogens is 620 g/mol. The molecule has 0 spiro atoms. The first-order valence-corrected chi connectivity index (χ1v) is 19.3. The molecule has 47 heavy (non-hydrogen) atoms. The summed E-state index contributed by atoms with van der Waals surface area (Å²) in [4.78, 5) is 20.3. The number of ether oxygens (including phenoxy) is 1. The van der Waals surface area contributed by atoms with E-state index >= 15 is 0 Å². The Bertz CT molecular complexity index is 1510. The second-order valence-electron chi connectivity index (χ2n) is 15.0. The Morgan fingerprint density at radius 2 is 1.55 bits per heavy atom. The van der Waals surface area contributed by atoms with E-state index in [-0.39, 0.29) is 29.0 Å². The number of benzene rings is 2. The van der Waals surface area contributed by atoms with Gasteiger partial charge in [0.2, 0.25) is 0 Å². The summed E-state index contributed by atoms with van der Waals surface area (Å²) >= 11 is 0. The molecule has 0 bridgehead atoms. The molecule has 2 aliphatic carbocycles. The average molecular weight is 670 g/mol. The lowest BCUT2D eigenvalue weighted by atomic mass is 9.56. The predicted octanol–water partition coefficient (Wildman–Crippen LogP) is 5.67. The third-order valence-corrected chi connectivity index (χ3v) is 14.4. The molecule has 3 atom stereocenters. The third-order valence-electron chi connectivity index (χ3n) is 12.1. The van der Waals surface area contributed by atoms with Gasteiger partial charge in [0, 0.05) is 55.7 Å². The van der Waals surface area contributed by atoms with Gasteiger partial charge in [0.15, 0.2) is 9.84 Å². The van der Waals surface area contributed by atoms with Crippen LogP contribution in [0, 0.1) is 35.3 Å². The van der Waals surface area contributed by atoms with E-state index in [0.717, 1.165) is 121 Å². The first-order chi connectivity index (χ1) is 22.7. The van der Waals surface area contributed by atoms with Crippen LogP contribution in [0.1, 0.15) is 63.4 Å². The zero-order valence-corrected chi connectivity index (χ0v) is 28.4. The lowest BCUT2D eigenvalue weighted by molar-refractivity contribution is -0.142. The molecule has 0 amide bonds. The first kappa shape index (κ1) is 33.0. The Hall–Kier alpha value is -2.56. The molecule has 7 nitrogen and oxygen atoms in total. The molecule has 5 fully saturated rings. The van der Waals surface area contributed by atoms with E-state index in [0.29, 0.717) is 17.2 Å². The number of sulfone groups is 1. The van der Waals surface area contributed by atoms with Gasteiger partial charge < -0.3 is 19.4 Å². The maximum atomic E-state index is 15.0. The van der Waals surface area contributed by atoms with E-state index in [1.54, 1.807) is 24.3 Å². The van der Waals surface area contributed by atoms with Gasteiger partial charge in [0.25, 0.3) is 0 Å². The van der Waals surface area contributed by atoms with Crippen molar-refractivity contribution in [2.24, 2.45) is 23.7 Å². The fourth-order valence-corrected chi connectivity index (χ4v) is 11.0. The van der Waals surface area contributed by atoms with Gasteiger partial charge >= 0.3 is 5.97 Å². The minimum atomic E-state index is -3.17. The van der Waals surface area contributed by atoms with Gasteiger partial charge in [0.1, 0.15) is 11.6 Å². The van der Waals surface area contributed by atoms with Gasteiger partial charge in [-0.1, -0.05) is 6.42 Å². The van der Waals surface area contributed by atoms with E-state index in [9.17, 15) is 22.0 Å². The van der Waals surface area contributed by atoms with Crippen LogP contribution < -0.4 is 4.90 Å². The Balaban J connectivity index is 1.04. The first-order valence-electron chi connectivity index (χ1n) is 17.7. The number of rotatable bonds is 12. The lowest BCUT2D eigenvalue weighted by Crippen LogP contribution is -2.58. The number of hydrogen-bond donors (Lipinski definition) is 0. The molecule has 2 aromatic carbocycles. The largest absolute Gasteiger partial charge is 0.469 e. The molecule has 0 radical (unpaired) electrons. The normalized spacial score (nSPS) is 26.1. The Morgan fingerprint density at radius 1 is 0.872 bits per heavy atom. The summed E-state index contributed by atoms with van der Waals surface area (Å²) < 4.78 is 60.2. The van der Waals surface area contributed by atoms with Crippen LogP contribution in [-0.2, 0) is 24.8 Å². The van der Waals surface area contributed by atoms with Crippen molar-refractivity contribution in [2.45, 2.75) is 73.3 Å². The number of anilines is 1. The number of esters is 1. The maximum Gasteiger partial charge on any atom is 0.305 e. The smallest absolute Gasteiger partial charge is 0.305 e. The van der Waals surface area contributed by atoms with Crippen LogP contribution in [-0.4, -0.2) is 88.9 Å². The van der Waals surface area contributed by atoms with Crippen molar-refractivity contribution in [1.82, 2.24) is 9.80 Å². The van der Waals surface area contributed by atoms with Crippen LogP contribution in [0.2, 0.25) is 0 Å². The standard InChI is InChI=1S/C37H49F2N3O4S/c1-46-36(43)18-27-4-2-5-35(27)37(25-41-14-3-15-41,29-19-30(38)21-31(39)20-29)28-12-16-40(17-13-28)22-26-23-42(24-26)32-6-8-33(9-7-32)47(44,45)34-10-11-34/h6-9,19-21,26-28,34-35H,2-5,10-18,22-25H2,1H3/t27-,35+,37+/m1/s1. The minimum absolute atomic E-state index is 0.136. The van der Waals surface area contributed by atoms with Crippen molar-refractivity contribution in [3.05, 3.63) is 59.7 Å². The number of carbonyl (C=O) groups is 1. The van der Waals surface area contributed by atoms with Crippen LogP contribution >= 0.6 is 0 Å². The summed E-state index contributed by atoms with van der Waals surface area (Å²) in [5.74, 6) is -0.157. The van der Waals surface area contributed by atoms with Crippen LogP contribution in [0.4, 0.5) is 14.5 Å². The third kappa shape index (κ3) is 6.71. The molecular formula is C37H49F2N3O4S. The quantitative estimate of drug-likeness (QED) is 0.270. The monoisotopic (exact) mass is 669 g/mol. The zero-order valence-electron chi connectivity index (χ0n) is 27.6. The molecule has 3 aliphatic heterocycles. The minimum Gasteiger partial charge on any atom is -0.469 e. The van der Waals surface area contributed by atoms with Crippen molar-refractivity contribution < 1.29 is 26.7 Å². The molecule has 2 aromatic rings. The number of halogens is 2. The van der Waals surface area contributed by atoms with Gasteiger partial charge in [-0.05, 0) is 131 Å². The van der Waals surface area contributed by atoms with E-state index in [4.69, 9.17) is 4.74 Å². The predicted molar refractivity (Wildman–Crippen MR) is 178 cm³/mol. The maximum absolute atomic E-state index is 15.0. The summed E-state index contributed by atoms with van der Waals surface area (Å²) in [5, 5.41) is -0.193. The summed E-state index contributed by atoms with van der Waals surface area (Å²) in [7, 11) is -1.73. The molecule has 3 heterocycles. The van der Waals surface area contributed by atoms with Crippen LogP contribution in [0.15, 0.2) is 47.4 Å². The number of methoxy groups -OCH3 is 1. The van der Waals surface area contributed by atoms with E-state index in [2.05, 4.69) is 14.7 Å². The molecule has 7 rings (SSSR count). The highest BCUT2D eigenvalue weighted by Crippen LogP contribution is 2.54. The molecule has 0 unspecified atom stereocenters. The van der Waals surface area contributed by atoms with Crippen LogP contribution in [0.5, 0.6) is 0 Å². The van der Waals surface area contributed by atoms with Crippen molar-refractivity contribution in [1.29, 1.82) is 0 Å². The number of likely N-dealkylation sites (tertiary alicyclic amines) is 2. The molecule has 5 aliphatic rings. The van der Waals surface area contributed by atoms with E-state index in [1.807, 2.05) is 12.1 Å². The molecule has 256 valence electrons.